The van der Waals surface area contributed by atoms with Gasteiger partial charge < -0.3 is 19.7 Å². The number of carbonyl (C=O) groups is 2. The van der Waals surface area contributed by atoms with Crippen LogP contribution in [0.2, 0.25) is 0 Å². The van der Waals surface area contributed by atoms with Gasteiger partial charge >= 0.3 is 11.9 Å². The molecule has 0 aliphatic rings. The molecule has 1 rings (SSSR count). The van der Waals surface area contributed by atoms with Gasteiger partial charge in [-0.2, -0.15) is 0 Å². The molecule has 1 aromatic rings. The van der Waals surface area contributed by atoms with Crippen molar-refractivity contribution in [3.63, 3.8) is 0 Å². The van der Waals surface area contributed by atoms with Crippen molar-refractivity contribution in [1.82, 2.24) is 0 Å². The summed E-state index contributed by atoms with van der Waals surface area (Å²) in [6.45, 7) is 7.33. The zero-order chi connectivity index (χ0) is 18.3. The second kappa shape index (κ2) is 8.57. The molecule has 0 saturated heterocycles. The Kier molecular flexibility index (Phi) is 7.07. The van der Waals surface area contributed by atoms with Crippen molar-refractivity contribution in [3.05, 3.63) is 12.1 Å². The molecule has 0 aliphatic heterocycles. The van der Waals surface area contributed by atoms with Crippen molar-refractivity contribution in [2.24, 2.45) is 5.41 Å². The van der Waals surface area contributed by atoms with Crippen LogP contribution in [0.3, 0.4) is 0 Å². The molecule has 0 fully saturated rings. The van der Waals surface area contributed by atoms with E-state index in [0.717, 1.165) is 12.8 Å². The van der Waals surface area contributed by atoms with Crippen LogP contribution < -0.4 is 9.47 Å². The monoisotopic (exact) mass is 338 g/mol. The standard InChI is InChI=1S/C18H26O6/c1-5-7-8-14(21)23-15-12(19)9-10-13(20)16(15)24-17(22)18(3,4)11-6-2/h9-10,19-20H,5-8,11H2,1-4H3. The fraction of sp³-hybridized carbons (Fsp3) is 0.556. The van der Waals surface area contributed by atoms with E-state index in [1.54, 1.807) is 13.8 Å². The fourth-order valence-electron chi connectivity index (χ4n) is 2.18. The summed E-state index contributed by atoms with van der Waals surface area (Å²) in [6.07, 6.45) is 3.00. The molecule has 6 heteroatoms. The Balaban J connectivity index is 3.07. The SMILES string of the molecule is CCCCC(=O)Oc1c(O)ccc(O)c1OC(=O)C(C)(C)CCC. The molecule has 0 unspecified atom stereocenters. The number of aromatic hydroxyl groups is 2. The average molecular weight is 338 g/mol. The number of phenolic OH excluding ortho intramolecular Hbond substituents is 2. The van der Waals surface area contributed by atoms with E-state index >= 15 is 0 Å². The summed E-state index contributed by atoms with van der Waals surface area (Å²) >= 11 is 0. The van der Waals surface area contributed by atoms with E-state index in [1.807, 2.05) is 13.8 Å². The summed E-state index contributed by atoms with van der Waals surface area (Å²) in [5.74, 6) is -2.58. The Labute approximate surface area is 142 Å². The third-order valence-electron chi connectivity index (χ3n) is 3.64. The third-order valence-corrected chi connectivity index (χ3v) is 3.64. The fourth-order valence-corrected chi connectivity index (χ4v) is 2.18. The Hall–Kier alpha value is -2.24. The molecule has 2 N–H and O–H groups in total. The molecule has 0 radical (unpaired) electrons. The molecule has 0 bridgehead atoms. The van der Waals surface area contributed by atoms with E-state index < -0.39 is 17.4 Å². The van der Waals surface area contributed by atoms with Gasteiger partial charge in [0.2, 0.25) is 11.5 Å². The zero-order valence-electron chi connectivity index (χ0n) is 14.7. The van der Waals surface area contributed by atoms with Gasteiger partial charge in [-0.05, 0) is 38.8 Å². The highest BCUT2D eigenvalue weighted by Gasteiger charge is 2.31. The lowest BCUT2D eigenvalue weighted by Gasteiger charge is -2.22. The van der Waals surface area contributed by atoms with Crippen molar-refractivity contribution < 1.29 is 29.3 Å². The number of rotatable bonds is 8. The smallest absolute Gasteiger partial charge is 0.317 e. The Morgan fingerprint density at radius 1 is 1.00 bits per heavy atom. The maximum atomic E-state index is 12.3. The van der Waals surface area contributed by atoms with Crippen LogP contribution >= 0.6 is 0 Å². The van der Waals surface area contributed by atoms with Gasteiger partial charge in [0, 0.05) is 6.42 Å². The van der Waals surface area contributed by atoms with E-state index in [9.17, 15) is 19.8 Å². The highest BCUT2D eigenvalue weighted by atomic mass is 16.6. The maximum absolute atomic E-state index is 12.3. The van der Waals surface area contributed by atoms with Crippen LogP contribution in [-0.4, -0.2) is 22.2 Å². The van der Waals surface area contributed by atoms with Crippen LogP contribution in [0.5, 0.6) is 23.0 Å². The van der Waals surface area contributed by atoms with Crippen molar-refractivity contribution in [2.45, 2.75) is 59.8 Å². The van der Waals surface area contributed by atoms with Crippen LogP contribution in [-0.2, 0) is 9.59 Å². The number of carbonyl (C=O) groups excluding carboxylic acids is 2. The third kappa shape index (κ3) is 5.15. The quantitative estimate of drug-likeness (QED) is 0.424. The average Bonchev–Trinajstić information content (AvgIpc) is 2.51. The first-order valence-electron chi connectivity index (χ1n) is 8.20. The van der Waals surface area contributed by atoms with E-state index in [0.29, 0.717) is 12.8 Å². The first kappa shape index (κ1) is 19.8. The van der Waals surface area contributed by atoms with Gasteiger partial charge in [-0.3, -0.25) is 9.59 Å². The Morgan fingerprint density at radius 2 is 1.54 bits per heavy atom. The summed E-state index contributed by atoms with van der Waals surface area (Å²) in [5.41, 5.74) is -0.768. The van der Waals surface area contributed by atoms with Gasteiger partial charge in [-0.15, -0.1) is 0 Å². The minimum Gasteiger partial charge on any atom is -0.504 e. The molecular weight excluding hydrogens is 312 g/mol. The molecule has 0 atom stereocenters. The summed E-state index contributed by atoms with van der Waals surface area (Å²) in [5, 5.41) is 19.9. The lowest BCUT2D eigenvalue weighted by Crippen LogP contribution is -2.29. The lowest BCUT2D eigenvalue weighted by molar-refractivity contribution is -0.145. The largest absolute Gasteiger partial charge is 0.504 e. The molecule has 134 valence electrons. The predicted molar refractivity (Wildman–Crippen MR) is 89.3 cm³/mol. The first-order valence-corrected chi connectivity index (χ1v) is 8.20. The van der Waals surface area contributed by atoms with Crippen LogP contribution in [0, 0.1) is 5.41 Å². The second-order valence-electron chi connectivity index (χ2n) is 6.36. The molecule has 0 aromatic heterocycles. The van der Waals surface area contributed by atoms with Gasteiger partial charge in [-0.25, -0.2) is 0 Å². The van der Waals surface area contributed by atoms with Crippen LogP contribution in [0.15, 0.2) is 12.1 Å². The molecule has 0 heterocycles. The van der Waals surface area contributed by atoms with Crippen LogP contribution in [0.4, 0.5) is 0 Å². The van der Waals surface area contributed by atoms with Crippen molar-refractivity contribution in [3.8, 4) is 23.0 Å². The molecule has 6 nitrogen and oxygen atoms in total. The summed E-state index contributed by atoms with van der Waals surface area (Å²) in [6, 6.07) is 2.35. The maximum Gasteiger partial charge on any atom is 0.317 e. The number of esters is 2. The number of benzene rings is 1. The molecule has 1 aromatic carbocycles. The molecule has 0 saturated carbocycles. The topological polar surface area (TPSA) is 93.1 Å². The van der Waals surface area contributed by atoms with Gasteiger partial charge in [0.1, 0.15) is 0 Å². The number of phenols is 2. The minimum absolute atomic E-state index is 0.167. The van der Waals surface area contributed by atoms with E-state index in [1.165, 1.54) is 12.1 Å². The second-order valence-corrected chi connectivity index (χ2v) is 6.36. The minimum atomic E-state index is -0.768. The molecule has 0 aliphatic carbocycles. The van der Waals surface area contributed by atoms with Crippen LogP contribution in [0.25, 0.3) is 0 Å². The Bertz CT molecular complexity index is 591. The zero-order valence-corrected chi connectivity index (χ0v) is 14.7. The normalized spacial score (nSPS) is 11.2. The summed E-state index contributed by atoms with van der Waals surface area (Å²) in [4.78, 5) is 24.2. The van der Waals surface area contributed by atoms with Crippen LogP contribution in [0.1, 0.15) is 59.8 Å². The van der Waals surface area contributed by atoms with E-state index in [2.05, 4.69) is 0 Å². The Morgan fingerprint density at radius 3 is 2.04 bits per heavy atom. The number of hydrogen-bond acceptors (Lipinski definition) is 6. The van der Waals surface area contributed by atoms with Gasteiger partial charge in [0.25, 0.3) is 0 Å². The summed E-state index contributed by atoms with van der Waals surface area (Å²) in [7, 11) is 0. The van der Waals surface area contributed by atoms with Gasteiger partial charge in [0.05, 0.1) is 5.41 Å². The lowest BCUT2D eigenvalue weighted by atomic mass is 9.88. The predicted octanol–water partition coefficient (Wildman–Crippen LogP) is 3.93. The molecular formula is C18H26O6. The van der Waals surface area contributed by atoms with Crippen molar-refractivity contribution in [1.29, 1.82) is 0 Å². The molecule has 24 heavy (non-hydrogen) atoms. The molecule has 0 amide bonds. The van der Waals surface area contributed by atoms with E-state index in [-0.39, 0.29) is 29.4 Å². The molecule has 0 spiro atoms. The van der Waals surface area contributed by atoms with Gasteiger partial charge in [-0.1, -0.05) is 26.7 Å². The van der Waals surface area contributed by atoms with Crippen molar-refractivity contribution in [2.75, 3.05) is 0 Å². The van der Waals surface area contributed by atoms with Crippen molar-refractivity contribution >= 4 is 11.9 Å². The highest BCUT2D eigenvalue weighted by molar-refractivity contribution is 5.82. The number of unbranched alkanes of at least 4 members (excludes halogenated alkanes) is 1. The number of ether oxygens (including phenoxy) is 2. The number of hydrogen-bond donors (Lipinski definition) is 2. The van der Waals surface area contributed by atoms with E-state index in [4.69, 9.17) is 9.47 Å². The highest BCUT2D eigenvalue weighted by Crippen LogP contribution is 2.44. The van der Waals surface area contributed by atoms with Gasteiger partial charge in [0.15, 0.2) is 11.5 Å². The first-order chi connectivity index (χ1) is 11.2. The summed E-state index contributed by atoms with van der Waals surface area (Å²) < 4.78 is 10.4.